The number of benzene rings is 2. The summed E-state index contributed by atoms with van der Waals surface area (Å²) in [5.74, 6) is -0.0369. The SMILES string of the molecule is CC1=NN(c2ccc(C(=O)O)cc2)C(=O)/C1=C\c1ccc(-c2ccc(C)cc2)o1. The van der Waals surface area contributed by atoms with Crippen LogP contribution in [0, 0.1) is 6.92 Å². The van der Waals surface area contributed by atoms with Crippen molar-refractivity contribution in [2.45, 2.75) is 13.8 Å². The summed E-state index contributed by atoms with van der Waals surface area (Å²) in [4.78, 5) is 23.8. The minimum absolute atomic E-state index is 0.149. The van der Waals surface area contributed by atoms with Crippen molar-refractivity contribution >= 4 is 29.4 Å². The van der Waals surface area contributed by atoms with Gasteiger partial charge in [0.1, 0.15) is 11.5 Å². The van der Waals surface area contributed by atoms with E-state index < -0.39 is 5.97 Å². The van der Waals surface area contributed by atoms with Gasteiger partial charge in [0.05, 0.1) is 22.5 Å². The number of hydrogen-bond acceptors (Lipinski definition) is 4. The van der Waals surface area contributed by atoms with Crippen LogP contribution >= 0.6 is 0 Å². The van der Waals surface area contributed by atoms with Crippen LogP contribution in [-0.2, 0) is 4.79 Å². The monoisotopic (exact) mass is 386 g/mol. The first kappa shape index (κ1) is 18.4. The molecule has 1 aliphatic heterocycles. The second-order valence-corrected chi connectivity index (χ2v) is 6.78. The van der Waals surface area contributed by atoms with E-state index in [1.807, 2.05) is 43.3 Å². The predicted octanol–water partition coefficient (Wildman–Crippen LogP) is 4.76. The van der Waals surface area contributed by atoms with Gasteiger partial charge in [-0.2, -0.15) is 10.1 Å². The molecule has 6 heteroatoms. The van der Waals surface area contributed by atoms with E-state index in [1.165, 1.54) is 22.7 Å². The molecule has 0 atom stereocenters. The van der Waals surface area contributed by atoms with E-state index >= 15 is 0 Å². The van der Waals surface area contributed by atoms with Crippen molar-refractivity contribution in [1.82, 2.24) is 0 Å². The Bertz CT molecular complexity index is 1150. The van der Waals surface area contributed by atoms with E-state index in [2.05, 4.69) is 5.10 Å². The normalized spacial score (nSPS) is 15.1. The number of carboxylic acids is 1. The van der Waals surface area contributed by atoms with Gasteiger partial charge in [0.25, 0.3) is 5.91 Å². The summed E-state index contributed by atoms with van der Waals surface area (Å²) in [6, 6.07) is 17.7. The maximum Gasteiger partial charge on any atom is 0.335 e. The molecule has 0 saturated carbocycles. The molecule has 0 aliphatic carbocycles. The van der Waals surface area contributed by atoms with E-state index in [9.17, 15) is 9.59 Å². The first-order valence-corrected chi connectivity index (χ1v) is 9.04. The summed E-state index contributed by atoms with van der Waals surface area (Å²) in [5.41, 5.74) is 3.77. The topological polar surface area (TPSA) is 83.1 Å². The highest BCUT2D eigenvalue weighted by Crippen LogP contribution is 2.28. The van der Waals surface area contributed by atoms with Crippen LogP contribution in [-0.4, -0.2) is 22.7 Å². The average molecular weight is 386 g/mol. The van der Waals surface area contributed by atoms with E-state index in [0.717, 1.165) is 11.3 Å². The van der Waals surface area contributed by atoms with Crippen molar-refractivity contribution in [2.24, 2.45) is 5.10 Å². The van der Waals surface area contributed by atoms with Crippen LogP contribution in [0.4, 0.5) is 5.69 Å². The number of carbonyl (C=O) groups excluding carboxylic acids is 1. The molecule has 3 aromatic rings. The van der Waals surface area contributed by atoms with Gasteiger partial charge >= 0.3 is 5.97 Å². The van der Waals surface area contributed by atoms with Gasteiger partial charge < -0.3 is 9.52 Å². The molecule has 2 heterocycles. The molecule has 6 nitrogen and oxygen atoms in total. The van der Waals surface area contributed by atoms with Crippen molar-refractivity contribution in [3.63, 3.8) is 0 Å². The second-order valence-electron chi connectivity index (χ2n) is 6.78. The van der Waals surface area contributed by atoms with Crippen LogP contribution in [0.15, 0.2) is 75.8 Å². The summed E-state index contributed by atoms with van der Waals surface area (Å²) < 4.78 is 5.88. The van der Waals surface area contributed by atoms with Gasteiger partial charge in [0.2, 0.25) is 0 Å². The highest BCUT2D eigenvalue weighted by molar-refractivity contribution is 6.32. The molecule has 1 amide bonds. The quantitative estimate of drug-likeness (QED) is 0.656. The lowest BCUT2D eigenvalue weighted by molar-refractivity contribution is -0.114. The Hall–Kier alpha value is -3.93. The minimum atomic E-state index is -1.02. The number of hydrogen-bond donors (Lipinski definition) is 1. The molecule has 0 bridgehead atoms. The summed E-state index contributed by atoms with van der Waals surface area (Å²) in [6.07, 6.45) is 1.67. The Morgan fingerprint density at radius 3 is 2.34 bits per heavy atom. The van der Waals surface area contributed by atoms with Gasteiger partial charge in [-0.1, -0.05) is 29.8 Å². The van der Waals surface area contributed by atoms with Crippen LogP contribution < -0.4 is 5.01 Å². The van der Waals surface area contributed by atoms with Gasteiger partial charge in [-0.3, -0.25) is 4.79 Å². The molecule has 1 aromatic heterocycles. The van der Waals surface area contributed by atoms with Crippen molar-refractivity contribution < 1.29 is 19.1 Å². The Balaban J connectivity index is 1.59. The van der Waals surface area contributed by atoms with Crippen LogP contribution in [0.2, 0.25) is 0 Å². The molecule has 0 spiro atoms. The van der Waals surface area contributed by atoms with Crippen molar-refractivity contribution in [3.8, 4) is 11.3 Å². The highest BCUT2D eigenvalue weighted by atomic mass is 16.4. The number of furan rings is 1. The molecule has 1 aliphatic rings. The van der Waals surface area contributed by atoms with Crippen LogP contribution in [0.5, 0.6) is 0 Å². The summed E-state index contributed by atoms with van der Waals surface area (Å²) >= 11 is 0. The molecule has 2 aromatic carbocycles. The molecular formula is C23H18N2O4. The fraction of sp³-hybridized carbons (Fsp3) is 0.0870. The Labute approximate surface area is 167 Å². The number of aromatic carboxylic acids is 1. The zero-order chi connectivity index (χ0) is 20.5. The van der Waals surface area contributed by atoms with Gasteiger partial charge in [-0.25, -0.2) is 4.79 Å². The van der Waals surface area contributed by atoms with Crippen molar-refractivity contribution in [1.29, 1.82) is 0 Å². The minimum Gasteiger partial charge on any atom is -0.478 e. The summed E-state index contributed by atoms with van der Waals surface area (Å²) in [7, 11) is 0. The Kier molecular flexibility index (Phi) is 4.60. The van der Waals surface area contributed by atoms with Gasteiger partial charge in [0.15, 0.2) is 0 Å². The summed E-state index contributed by atoms with van der Waals surface area (Å²) in [5, 5.41) is 14.6. The average Bonchev–Trinajstić information content (AvgIpc) is 3.29. The van der Waals surface area contributed by atoms with Gasteiger partial charge in [-0.05, 0) is 56.3 Å². The number of aryl methyl sites for hydroxylation is 1. The summed E-state index contributed by atoms with van der Waals surface area (Å²) in [6.45, 7) is 3.77. The van der Waals surface area contributed by atoms with Crippen molar-refractivity contribution in [2.75, 3.05) is 5.01 Å². The first-order valence-electron chi connectivity index (χ1n) is 9.04. The molecule has 0 radical (unpaired) electrons. The van der Waals surface area contributed by atoms with E-state index in [0.29, 0.717) is 22.7 Å². The second kappa shape index (κ2) is 7.24. The van der Waals surface area contributed by atoms with Gasteiger partial charge in [-0.15, -0.1) is 0 Å². The molecule has 29 heavy (non-hydrogen) atoms. The van der Waals surface area contributed by atoms with Gasteiger partial charge in [0, 0.05) is 5.56 Å². The highest BCUT2D eigenvalue weighted by Gasteiger charge is 2.29. The van der Waals surface area contributed by atoms with Crippen LogP contribution in [0.3, 0.4) is 0 Å². The zero-order valence-electron chi connectivity index (χ0n) is 15.9. The maximum atomic E-state index is 12.8. The molecule has 0 fully saturated rings. The number of nitrogens with zero attached hydrogens (tertiary/aromatic N) is 2. The van der Waals surface area contributed by atoms with E-state index in [1.54, 1.807) is 25.1 Å². The number of hydrazone groups is 1. The Morgan fingerprint density at radius 2 is 1.69 bits per heavy atom. The maximum absolute atomic E-state index is 12.8. The molecule has 144 valence electrons. The third kappa shape index (κ3) is 3.60. The third-order valence-electron chi connectivity index (χ3n) is 4.67. The fourth-order valence-electron chi connectivity index (χ4n) is 3.05. The van der Waals surface area contributed by atoms with E-state index in [-0.39, 0.29) is 11.5 Å². The standard InChI is InChI=1S/C23H18N2O4/c1-14-3-5-16(6-4-14)21-12-11-19(29-21)13-20-15(2)24-25(22(20)26)18-9-7-17(8-10-18)23(27)28/h3-13H,1-2H3,(H,27,28)/b20-13-. The largest absolute Gasteiger partial charge is 0.478 e. The number of amides is 1. The van der Waals surface area contributed by atoms with Crippen LogP contribution in [0.1, 0.15) is 28.6 Å². The lowest BCUT2D eigenvalue weighted by Gasteiger charge is -2.11. The smallest absolute Gasteiger partial charge is 0.335 e. The Morgan fingerprint density at radius 1 is 1.00 bits per heavy atom. The lowest BCUT2D eigenvalue weighted by Crippen LogP contribution is -2.21. The van der Waals surface area contributed by atoms with Crippen molar-refractivity contribution in [3.05, 3.63) is 83.1 Å². The number of carboxylic acid groups (broad SMARTS) is 1. The molecule has 0 unspecified atom stereocenters. The zero-order valence-corrected chi connectivity index (χ0v) is 15.9. The number of anilines is 1. The first-order chi connectivity index (χ1) is 13.9. The molecule has 4 rings (SSSR count). The molecule has 1 N–H and O–H groups in total. The molecule has 0 saturated heterocycles. The molecular weight excluding hydrogens is 368 g/mol. The van der Waals surface area contributed by atoms with E-state index in [4.69, 9.17) is 9.52 Å². The number of rotatable bonds is 4. The number of carbonyl (C=O) groups is 2. The third-order valence-corrected chi connectivity index (χ3v) is 4.67. The fourth-order valence-corrected chi connectivity index (χ4v) is 3.05. The van der Waals surface area contributed by atoms with Crippen LogP contribution in [0.25, 0.3) is 17.4 Å². The predicted molar refractivity (Wildman–Crippen MR) is 111 cm³/mol. The lowest BCUT2D eigenvalue weighted by atomic mass is 10.1.